The summed E-state index contributed by atoms with van der Waals surface area (Å²) in [6.45, 7) is 0. The molecule has 0 saturated carbocycles. The number of thiophene rings is 1. The van der Waals surface area contributed by atoms with Gasteiger partial charge in [0.15, 0.2) is 11.5 Å². The first kappa shape index (κ1) is 14.4. The van der Waals surface area contributed by atoms with Gasteiger partial charge in [0, 0.05) is 5.56 Å². The Morgan fingerprint density at radius 3 is 2.27 bits per heavy atom. The monoisotopic (exact) mass is 317 g/mol. The van der Waals surface area contributed by atoms with Gasteiger partial charge in [-0.1, -0.05) is 0 Å². The first-order chi connectivity index (χ1) is 10.7. The summed E-state index contributed by atoms with van der Waals surface area (Å²) < 4.78 is 17.1. The summed E-state index contributed by atoms with van der Waals surface area (Å²) in [6.07, 6.45) is 0. The molecule has 0 aliphatic heterocycles. The van der Waals surface area contributed by atoms with Crippen LogP contribution in [0.4, 0.5) is 5.95 Å². The van der Waals surface area contributed by atoms with Crippen molar-refractivity contribution >= 4 is 27.5 Å². The second-order valence-electron chi connectivity index (χ2n) is 4.48. The number of fused-ring (bicyclic) bond motifs is 1. The number of nitrogens with two attached hydrogens (primary N) is 1. The van der Waals surface area contributed by atoms with Crippen molar-refractivity contribution in [3.63, 3.8) is 0 Å². The second-order valence-corrected chi connectivity index (χ2v) is 5.40. The van der Waals surface area contributed by atoms with Crippen molar-refractivity contribution in [2.24, 2.45) is 0 Å². The zero-order valence-electron chi connectivity index (χ0n) is 12.4. The molecule has 0 radical (unpaired) electrons. The molecule has 114 valence electrons. The fourth-order valence-corrected chi connectivity index (χ4v) is 3.14. The standard InChI is InChI=1S/C15H15N3O3S/c1-19-10-6-8(7-11(20-2)13(10)21-3)12-14-9(4-5-22-14)17-15(16)18-12/h4-7H,1-3H3,(H2,16,17,18). The number of ether oxygens (including phenoxy) is 3. The van der Waals surface area contributed by atoms with Crippen LogP contribution in [0.3, 0.4) is 0 Å². The van der Waals surface area contributed by atoms with E-state index in [1.54, 1.807) is 32.7 Å². The molecule has 3 rings (SSSR count). The van der Waals surface area contributed by atoms with E-state index in [0.717, 1.165) is 21.5 Å². The second kappa shape index (κ2) is 5.69. The van der Waals surface area contributed by atoms with Crippen molar-refractivity contribution in [2.45, 2.75) is 0 Å². The van der Waals surface area contributed by atoms with E-state index in [-0.39, 0.29) is 5.95 Å². The summed E-state index contributed by atoms with van der Waals surface area (Å²) in [5.74, 6) is 1.91. The molecule has 3 aromatic rings. The molecule has 2 heterocycles. The maximum absolute atomic E-state index is 5.81. The van der Waals surface area contributed by atoms with Crippen LogP contribution >= 0.6 is 11.3 Å². The van der Waals surface area contributed by atoms with E-state index in [2.05, 4.69) is 9.97 Å². The highest BCUT2D eigenvalue weighted by Gasteiger charge is 2.17. The number of nitrogens with zero attached hydrogens (tertiary/aromatic N) is 2. The summed E-state index contributed by atoms with van der Waals surface area (Å²) in [5, 5.41) is 1.96. The molecular formula is C15H15N3O3S. The van der Waals surface area contributed by atoms with E-state index in [1.165, 1.54) is 0 Å². The van der Waals surface area contributed by atoms with Gasteiger partial charge in [0.05, 0.1) is 37.2 Å². The maximum Gasteiger partial charge on any atom is 0.221 e. The van der Waals surface area contributed by atoms with Crippen LogP contribution in [0.25, 0.3) is 21.5 Å². The Morgan fingerprint density at radius 1 is 1.00 bits per heavy atom. The summed E-state index contributed by atoms with van der Waals surface area (Å²) in [5.41, 5.74) is 8.21. The van der Waals surface area contributed by atoms with Crippen LogP contribution in [-0.4, -0.2) is 31.3 Å². The normalized spacial score (nSPS) is 10.7. The molecule has 2 N–H and O–H groups in total. The number of benzene rings is 1. The Hall–Kier alpha value is -2.54. The van der Waals surface area contributed by atoms with Gasteiger partial charge in [0.1, 0.15) is 0 Å². The molecule has 2 aromatic heterocycles. The molecule has 6 nitrogen and oxygen atoms in total. The predicted molar refractivity (Wildman–Crippen MR) is 86.9 cm³/mol. The topological polar surface area (TPSA) is 79.5 Å². The van der Waals surface area contributed by atoms with Crippen molar-refractivity contribution in [3.8, 4) is 28.5 Å². The van der Waals surface area contributed by atoms with E-state index >= 15 is 0 Å². The van der Waals surface area contributed by atoms with Crippen molar-refractivity contribution in [1.29, 1.82) is 0 Å². The quantitative estimate of drug-likeness (QED) is 0.797. The predicted octanol–water partition coefficient (Wildman–Crippen LogP) is 2.97. The van der Waals surface area contributed by atoms with Gasteiger partial charge in [-0.3, -0.25) is 0 Å². The minimum Gasteiger partial charge on any atom is -0.493 e. The van der Waals surface area contributed by atoms with Gasteiger partial charge in [0.25, 0.3) is 0 Å². The molecule has 22 heavy (non-hydrogen) atoms. The lowest BCUT2D eigenvalue weighted by atomic mass is 10.1. The summed E-state index contributed by atoms with van der Waals surface area (Å²) in [4.78, 5) is 8.61. The van der Waals surface area contributed by atoms with Crippen LogP contribution in [-0.2, 0) is 0 Å². The van der Waals surface area contributed by atoms with Gasteiger partial charge in [-0.05, 0) is 23.6 Å². The molecule has 0 saturated heterocycles. The Kier molecular flexibility index (Phi) is 3.72. The van der Waals surface area contributed by atoms with E-state index in [9.17, 15) is 0 Å². The van der Waals surface area contributed by atoms with Crippen molar-refractivity contribution in [2.75, 3.05) is 27.1 Å². The fourth-order valence-electron chi connectivity index (χ4n) is 2.29. The van der Waals surface area contributed by atoms with Crippen LogP contribution in [0.2, 0.25) is 0 Å². The number of hydrogen-bond donors (Lipinski definition) is 1. The third-order valence-corrected chi connectivity index (χ3v) is 4.17. The van der Waals surface area contributed by atoms with Gasteiger partial charge < -0.3 is 19.9 Å². The molecule has 0 fully saturated rings. The molecule has 0 amide bonds. The molecule has 0 bridgehead atoms. The SMILES string of the molecule is COc1cc(-c2nc(N)nc3ccsc23)cc(OC)c1OC. The van der Waals surface area contributed by atoms with Gasteiger partial charge >= 0.3 is 0 Å². The number of rotatable bonds is 4. The lowest BCUT2D eigenvalue weighted by molar-refractivity contribution is 0.324. The highest BCUT2D eigenvalue weighted by Crippen LogP contribution is 2.42. The van der Waals surface area contributed by atoms with Gasteiger partial charge in [0.2, 0.25) is 11.7 Å². The number of aromatic nitrogens is 2. The van der Waals surface area contributed by atoms with Crippen molar-refractivity contribution < 1.29 is 14.2 Å². The molecule has 0 aliphatic carbocycles. The molecule has 0 unspecified atom stereocenters. The van der Waals surface area contributed by atoms with Gasteiger partial charge in [-0.25, -0.2) is 9.97 Å². The van der Waals surface area contributed by atoms with E-state index in [4.69, 9.17) is 19.9 Å². The third-order valence-electron chi connectivity index (χ3n) is 3.26. The average molecular weight is 317 g/mol. The Bertz CT molecular complexity index is 807. The van der Waals surface area contributed by atoms with Crippen LogP contribution in [0, 0.1) is 0 Å². The Morgan fingerprint density at radius 2 is 1.68 bits per heavy atom. The highest BCUT2D eigenvalue weighted by atomic mass is 32.1. The first-order valence-corrected chi connectivity index (χ1v) is 7.37. The summed E-state index contributed by atoms with van der Waals surface area (Å²) in [7, 11) is 4.73. The lowest BCUT2D eigenvalue weighted by Crippen LogP contribution is -1.99. The molecular weight excluding hydrogens is 302 g/mol. The molecule has 0 spiro atoms. The van der Waals surface area contributed by atoms with Crippen LogP contribution in [0.1, 0.15) is 0 Å². The number of anilines is 1. The summed E-state index contributed by atoms with van der Waals surface area (Å²) >= 11 is 1.56. The van der Waals surface area contributed by atoms with Crippen LogP contribution in [0.5, 0.6) is 17.2 Å². The fraction of sp³-hybridized carbons (Fsp3) is 0.200. The zero-order chi connectivity index (χ0) is 15.7. The summed E-state index contributed by atoms with van der Waals surface area (Å²) in [6, 6.07) is 5.62. The first-order valence-electron chi connectivity index (χ1n) is 6.49. The minimum absolute atomic E-state index is 0.231. The number of methoxy groups -OCH3 is 3. The molecule has 0 atom stereocenters. The highest BCUT2D eigenvalue weighted by molar-refractivity contribution is 7.17. The largest absolute Gasteiger partial charge is 0.493 e. The maximum atomic E-state index is 5.81. The van der Waals surface area contributed by atoms with Crippen molar-refractivity contribution in [3.05, 3.63) is 23.6 Å². The zero-order valence-corrected chi connectivity index (χ0v) is 13.2. The smallest absolute Gasteiger partial charge is 0.221 e. The molecule has 7 heteroatoms. The number of hydrogen-bond acceptors (Lipinski definition) is 7. The van der Waals surface area contributed by atoms with Gasteiger partial charge in [-0.15, -0.1) is 11.3 Å². The van der Waals surface area contributed by atoms with Crippen molar-refractivity contribution in [1.82, 2.24) is 9.97 Å². The third kappa shape index (κ3) is 2.29. The van der Waals surface area contributed by atoms with Gasteiger partial charge in [-0.2, -0.15) is 0 Å². The van der Waals surface area contributed by atoms with Crippen LogP contribution < -0.4 is 19.9 Å². The Balaban J connectivity index is 2.28. The molecule has 1 aromatic carbocycles. The van der Waals surface area contributed by atoms with Crippen LogP contribution in [0.15, 0.2) is 23.6 Å². The van der Waals surface area contributed by atoms with E-state index in [0.29, 0.717) is 17.2 Å². The Labute approximate surface area is 131 Å². The van der Waals surface area contributed by atoms with E-state index < -0.39 is 0 Å². The lowest BCUT2D eigenvalue weighted by Gasteiger charge is -2.14. The van der Waals surface area contributed by atoms with E-state index in [1.807, 2.05) is 23.6 Å². The average Bonchev–Trinajstić information content (AvgIpc) is 3.00. The minimum atomic E-state index is 0.231. The number of nitrogen functional groups attached to an aromatic ring is 1. The molecule has 0 aliphatic rings.